The Morgan fingerprint density at radius 3 is 2.68 bits per heavy atom. The second-order valence-electron chi connectivity index (χ2n) is 3.91. The van der Waals surface area contributed by atoms with Crippen molar-refractivity contribution in [3.05, 3.63) is 47.8 Å². The lowest BCUT2D eigenvalue weighted by Gasteiger charge is -2.09. The van der Waals surface area contributed by atoms with Gasteiger partial charge >= 0.3 is 0 Å². The highest BCUT2D eigenvalue weighted by Gasteiger charge is 2.10. The van der Waals surface area contributed by atoms with Crippen molar-refractivity contribution in [2.75, 3.05) is 12.4 Å². The smallest absolute Gasteiger partial charge is 0.258 e. The molecule has 5 nitrogen and oxygen atoms in total. The van der Waals surface area contributed by atoms with Crippen LogP contribution in [-0.2, 0) is 6.42 Å². The molecule has 1 aromatic carbocycles. The molecule has 0 bridgehead atoms. The van der Waals surface area contributed by atoms with Crippen LogP contribution in [0.3, 0.4) is 0 Å². The summed E-state index contributed by atoms with van der Waals surface area (Å²) in [6.45, 7) is 2.01. The Bertz CT molecular complexity index is 570. The van der Waals surface area contributed by atoms with Gasteiger partial charge in [0.1, 0.15) is 5.75 Å². The first-order chi connectivity index (χ1) is 9.24. The van der Waals surface area contributed by atoms with Gasteiger partial charge < -0.3 is 4.74 Å². The number of hydrogen-bond donors (Lipinski definition) is 1. The second-order valence-corrected chi connectivity index (χ2v) is 3.91. The van der Waals surface area contributed by atoms with E-state index in [9.17, 15) is 4.79 Å². The summed E-state index contributed by atoms with van der Waals surface area (Å²) in [6.07, 6.45) is 3.95. The van der Waals surface area contributed by atoms with Gasteiger partial charge in [-0.3, -0.25) is 10.1 Å². The van der Waals surface area contributed by atoms with E-state index in [0.29, 0.717) is 11.5 Å². The van der Waals surface area contributed by atoms with E-state index in [1.807, 2.05) is 13.0 Å². The van der Waals surface area contributed by atoms with Crippen LogP contribution in [0.15, 0.2) is 36.7 Å². The number of nitrogens with one attached hydrogen (secondary N) is 1. The van der Waals surface area contributed by atoms with E-state index < -0.39 is 0 Å². The molecule has 0 saturated carbocycles. The van der Waals surface area contributed by atoms with Crippen LogP contribution in [0.5, 0.6) is 5.75 Å². The standard InChI is InChI=1S/C14H15N3O2/c1-3-10-9-11(5-6-12(10)19-2)13(18)17-14-15-7-4-8-16-14/h4-9H,3H2,1-2H3,(H,15,16,17,18). The summed E-state index contributed by atoms with van der Waals surface area (Å²) in [4.78, 5) is 20.0. The van der Waals surface area contributed by atoms with Crippen molar-refractivity contribution < 1.29 is 9.53 Å². The Morgan fingerprint density at radius 2 is 2.05 bits per heavy atom. The zero-order valence-corrected chi connectivity index (χ0v) is 10.9. The predicted molar refractivity (Wildman–Crippen MR) is 72.4 cm³/mol. The van der Waals surface area contributed by atoms with Gasteiger partial charge in [0, 0.05) is 18.0 Å². The summed E-state index contributed by atoms with van der Waals surface area (Å²) in [6, 6.07) is 7.02. The van der Waals surface area contributed by atoms with Gasteiger partial charge in [-0.2, -0.15) is 0 Å². The number of carbonyl (C=O) groups excluding carboxylic acids is 1. The third-order valence-electron chi connectivity index (χ3n) is 2.71. The highest BCUT2D eigenvalue weighted by molar-refractivity contribution is 6.03. The molecule has 0 unspecified atom stereocenters. The molecule has 0 aliphatic carbocycles. The molecule has 0 fully saturated rings. The van der Waals surface area contributed by atoms with Crippen molar-refractivity contribution >= 4 is 11.9 Å². The maximum Gasteiger partial charge on any atom is 0.258 e. The number of benzene rings is 1. The highest BCUT2D eigenvalue weighted by Crippen LogP contribution is 2.20. The molecule has 1 aromatic heterocycles. The molecule has 2 rings (SSSR count). The Balaban J connectivity index is 2.20. The number of carbonyl (C=O) groups is 1. The molecule has 5 heteroatoms. The van der Waals surface area contributed by atoms with E-state index in [1.165, 1.54) is 0 Å². The lowest BCUT2D eigenvalue weighted by atomic mass is 10.1. The maximum atomic E-state index is 12.0. The molecule has 0 atom stereocenters. The number of aromatic nitrogens is 2. The molecule has 2 aromatic rings. The lowest BCUT2D eigenvalue weighted by Crippen LogP contribution is -2.14. The molecule has 1 amide bonds. The summed E-state index contributed by atoms with van der Waals surface area (Å²) in [7, 11) is 1.62. The van der Waals surface area contributed by atoms with Gasteiger partial charge in [0.15, 0.2) is 0 Å². The van der Waals surface area contributed by atoms with Gasteiger partial charge in [0.25, 0.3) is 5.91 Å². The topological polar surface area (TPSA) is 64.1 Å². The molecule has 0 aliphatic heterocycles. The van der Waals surface area contributed by atoms with Gasteiger partial charge in [-0.15, -0.1) is 0 Å². The number of amides is 1. The average molecular weight is 257 g/mol. The van der Waals surface area contributed by atoms with Crippen LogP contribution in [0.25, 0.3) is 0 Å². The summed E-state index contributed by atoms with van der Waals surface area (Å²) < 4.78 is 5.23. The molecule has 0 saturated heterocycles. The normalized spacial score (nSPS) is 10.0. The number of hydrogen-bond acceptors (Lipinski definition) is 4. The zero-order valence-electron chi connectivity index (χ0n) is 10.9. The number of nitrogens with zero attached hydrogens (tertiary/aromatic N) is 2. The summed E-state index contributed by atoms with van der Waals surface area (Å²) in [5.41, 5.74) is 1.55. The summed E-state index contributed by atoms with van der Waals surface area (Å²) in [5, 5.41) is 2.65. The van der Waals surface area contributed by atoms with Crippen LogP contribution in [0.1, 0.15) is 22.8 Å². The van der Waals surface area contributed by atoms with Gasteiger partial charge in [0.05, 0.1) is 7.11 Å². The van der Waals surface area contributed by atoms with Crippen molar-refractivity contribution in [1.82, 2.24) is 9.97 Å². The number of ether oxygens (including phenoxy) is 1. The van der Waals surface area contributed by atoms with Gasteiger partial charge in [-0.25, -0.2) is 9.97 Å². The predicted octanol–water partition coefficient (Wildman–Crippen LogP) is 2.30. The molecule has 1 heterocycles. The first-order valence-electron chi connectivity index (χ1n) is 6.00. The average Bonchev–Trinajstić information content (AvgIpc) is 2.47. The van der Waals surface area contributed by atoms with E-state index in [-0.39, 0.29) is 5.91 Å². The third-order valence-corrected chi connectivity index (χ3v) is 2.71. The molecule has 0 spiro atoms. The monoisotopic (exact) mass is 257 g/mol. The quantitative estimate of drug-likeness (QED) is 0.912. The molecule has 1 N–H and O–H groups in total. The molecule has 19 heavy (non-hydrogen) atoms. The van der Waals surface area contributed by atoms with Gasteiger partial charge in [-0.1, -0.05) is 6.92 Å². The van der Waals surface area contributed by atoms with E-state index in [1.54, 1.807) is 37.7 Å². The number of methoxy groups -OCH3 is 1. The number of anilines is 1. The fraction of sp³-hybridized carbons (Fsp3) is 0.214. The SMILES string of the molecule is CCc1cc(C(=O)Nc2ncccn2)ccc1OC. The van der Waals surface area contributed by atoms with Crippen LogP contribution in [0.2, 0.25) is 0 Å². The lowest BCUT2D eigenvalue weighted by molar-refractivity contribution is 0.102. The number of rotatable bonds is 4. The number of aryl methyl sites for hydroxylation is 1. The van der Waals surface area contributed by atoms with Crippen molar-refractivity contribution in [2.45, 2.75) is 13.3 Å². The summed E-state index contributed by atoms with van der Waals surface area (Å²) >= 11 is 0. The minimum absolute atomic E-state index is 0.233. The minimum atomic E-state index is -0.233. The van der Waals surface area contributed by atoms with Crippen molar-refractivity contribution in [2.24, 2.45) is 0 Å². The van der Waals surface area contributed by atoms with E-state index >= 15 is 0 Å². The molecule has 0 aliphatic rings. The second kappa shape index (κ2) is 5.95. The largest absolute Gasteiger partial charge is 0.496 e. The van der Waals surface area contributed by atoms with Crippen molar-refractivity contribution in [3.8, 4) is 5.75 Å². The van der Waals surface area contributed by atoms with Crippen molar-refractivity contribution in [3.63, 3.8) is 0 Å². The van der Waals surface area contributed by atoms with Crippen LogP contribution < -0.4 is 10.1 Å². The Hall–Kier alpha value is -2.43. The first-order valence-corrected chi connectivity index (χ1v) is 6.00. The van der Waals surface area contributed by atoms with Crippen molar-refractivity contribution in [1.29, 1.82) is 0 Å². The Kier molecular flexibility index (Phi) is 4.07. The molecular formula is C14H15N3O2. The van der Waals surface area contributed by atoms with Crippen LogP contribution in [0.4, 0.5) is 5.95 Å². The maximum absolute atomic E-state index is 12.0. The fourth-order valence-corrected chi connectivity index (χ4v) is 1.73. The van der Waals surface area contributed by atoms with Gasteiger partial charge in [0.2, 0.25) is 5.95 Å². The fourth-order valence-electron chi connectivity index (χ4n) is 1.73. The highest BCUT2D eigenvalue weighted by atomic mass is 16.5. The Morgan fingerprint density at radius 1 is 1.32 bits per heavy atom. The van der Waals surface area contributed by atoms with Gasteiger partial charge in [-0.05, 0) is 36.2 Å². The van der Waals surface area contributed by atoms with E-state index in [2.05, 4.69) is 15.3 Å². The van der Waals surface area contributed by atoms with E-state index in [0.717, 1.165) is 17.7 Å². The zero-order chi connectivity index (χ0) is 13.7. The molecule has 98 valence electrons. The third kappa shape index (κ3) is 3.07. The van der Waals surface area contributed by atoms with Crippen LogP contribution in [-0.4, -0.2) is 23.0 Å². The summed E-state index contributed by atoms with van der Waals surface area (Å²) in [5.74, 6) is 0.847. The van der Waals surface area contributed by atoms with Crippen LogP contribution >= 0.6 is 0 Å². The Labute approximate surface area is 111 Å². The van der Waals surface area contributed by atoms with Crippen LogP contribution in [0, 0.1) is 0 Å². The molecular weight excluding hydrogens is 242 g/mol. The molecule has 0 radical (unpaired) electrons. The first kappa shape index (κ1) is 13.0. The van der Waals surface area contributed by atoms with E-state index in [4.69, 9.17) is 4.74 Å². The minimum Gasteiger partial charge on any atom is -0.496 e.